The first-order chi connectivity index (χ1) is 14.7. The van der Waals surface area contributed by atoms with Crippen LogP contribution in [0.5, 0.6) is 0 Å². The summed E-state index contributed by atoms with van der Waals surface area (Å²) >= 11 is 0. The van der Waals surface area contributed by atoms with Crippen LogP contribution in [0.25, 0.3) is 10.9 Å². The number of aromatic nitrogens is 2. The molecular formula is C23H30N6O. The lowest BCUT2D eigenvalue weighted by Gasteiger charge is -2.29. The molecule has 1 saturated heterocycles. The maximum atomic E-state index is 5.47. The Labute approximate surface area is 177 Å². The zero-order valence-corrected chi connectivity index (χ0v) is 17.7. The molecular weight excluding hydrogens is 376 g/mol. The third-order valence-electron chi connectivity index (χ3n) is 5.46. The number of rotatable bonds is 6. The molecule has 0 spiro atoms. The van der Waals surface area contributed by atoms with E-state index in [1.807, 2.05) is 12.3 Å². The number of ether oxygens (including phenoxy) is 1. The zero-order chi connectivity index (χ0) is 20.8. The highest BCUT2D eigenvalue weighted by molar-refractivity contribution is 5.84. The minimum absolute atomic E-state index is 0.673. The van der Waals surface area contributed by atoms with Crippen LogP contribution in [0.2, 0.25) is 0 Å². The van der Waals surface area contributed by atoms with Crippen molar-refractivity contribution in [1.82, 2.24) is 20.6 Å². The predicted molar refractivity (Wildman–Crippen MR) is 122 cm³/mol. The highest BCUT2D eigenvalue weighted by Crippen LogP contribution is 2.20. The molecule has 0 amide bonds. The van der Waals surface area contributed by atoms with E-state index in [9.17, 15) is 0 Å². The maximum Gasteiger partial charge on any atom is 0.191 e. The third-order valence-corrected chi connectivity index (χ3v) is 5.46. The number of guanidine groups is 1. The molecule has 7 heteroatoms. The number of hydrogen-bond acceptors (Lipinski definition) is 4. The molecule has 0 aliphatic carbocycles. The number of pyridine rings is 1. The first-order valence-corrected chi connectivity index (χ1v) is 10.5. The van der Waals surface area contributed by atoms with Crippen LogP contribution in [0, 0.1) is 6.92 Å². The summed E-state index contributed by atoms with van der Waals surface area (Å²) in [5, 5.41) is 8.13. The molecule has 1 aliphatic rings. The van der Waals surface area contributed by atoms with Crippen molar-refractivity contribution >= 4 is 22.7 Å². The molecule has 7 nitrogen and oxygen atoms in total. The number of H-pyrrole nitrogens is 1. The van der Waals surface area contributed by atoms with E-state index in [0.29, 0.717) is 6.54 Å². The number of aromatic amines is 1. The Morgan fingerprint density at radius 2 is 2.07 bits per heavy atom. The molecule has 0 unspecified atom stereocenters. The SMILES string of the molecule is CN=C(NCCc1c[nH]c2cc(C)ccc12)NCc1cccnc1N1CCOCC1. The summed E-state index contributed by atoms with van der Waals surface area (Å²) in [6.07, 6.45) is 4.88. The van der Waals surface area contributed by atoms with Crippen molar-refractivity contribution in [2.45, 2.75) is 19.9 Å². The van der Waals surface area contributed by atoms with Gasteiger partial charge in [-0.3, -0.25) is 4.99 Å². The van der Waals surface area contributed by atoms with Gasteiger partial charge in [-0.05, 0) is 36.6 Å². The number of anilines is 1. The van der Waals surface area contributed by atoms with Gasteiger partial charge in [0, 0.05) is 62.1 Å². The van der Waals surface area contributed by atoms with E-state index >= 15 is 0 Å². The maximum absolute atomic E-state index is 5.47. The van der Waals surface area contributed by atoms with Gasteiger partial charge in [0.15, 0.2) is 5.96 Å². The largest absolute Gasteiger partial charge is 0.378 e. The Balaban J connectivity index is 1.32. The third kappa shape index (κ3) is 4.74. The average molecular weight is 407 g/mol. The lowest BCUT2D eigenvalue weighted by atomic mass is 10.1. The summed E-state index contributed by atoms with van der Waals surface area (Å²) in [7, 11) is 1.80. The number of nitrogens with zero attached hydrogens (tertiary/aromatic N) is 3. The Hall–Kier alpha value is -3.06. The van der Waals surface area contributed by atoms with Crippen molar-refractivity contribution in [2.75, 3.05) is 44.8 Å². The number of aryl methyl sites for hydroxylation is 1. The quantitative estimate of drug-likeness (QED) is 0.433. The van der Waals surface area contributed by atoms with Crippen molar-refractivity contribution in [2.24, 2.45) is 4.99 Å². The summed E-state index contributed by atoms with van der Waals surface area (Å²) in [5.41, 5.74) is 4.94. The van der Waals surface area contributed by atoms with Crippen molar-refractivity contribution in [3.8, 4) is 0 Å². The van der Waals surface area contributed by atoms with Crippen molar-refractivity contribution < 1.29 is 4.74 Å². The lowest BCUT2D eigenvalue weighted by molar-refractivity contribution is 0.122. The molecule has 1 aliphatic heterocycles. The zero-order valence-electron chi connectivity index (χ0n) is 17.7. The van der Waals surface area contributed by atoms with E-state index in [4.69, 9.17) is 4.74 Å². The van der Waals surface area contributed by atoms with Gasteiger partial charge in [-0.15, -0.1) is 0 Å². The van der Waals surface area contributed by atoms with E-state index in [-0.39, 0.29) is 0 Å². The van der Waals surface area contributed by atoms with Crippen LogP contribution < -0.4 is 15.5 Å². The molecule has 3 aromatic rings. The fourth-order valence-electron chi connectivity index (χ4n) is 3.85. The second-order valence-corrected chi connectivity index (χ2v) is 7.55. The second-order valence-electron chi connectivity index (χ2n) is 7.55. The fraction of sp³-hybridized carbons (Fsp3) is 0.391. The second kappa shape index (κ2) is 9.63. The minimum atomic E-state index is 0.673. The topological polar surface area (TPSA) is 77.6 Å². The smallest absolute Gasteiger partial charge is 0.191 e. The van der Waals surface area contributed by atoms with E-state index < -0.39 is 0 Å². The standard InChI is InChI=1S/C23H30N6O/c1-17-5-6-20-18(15-27-21(20)14-17)7-9-26-23(24-2)28-16-19-4-3-8-25-22(19)29-10-12-30-13-11-29/h3-6,8,14-15,27H,7,9-13,16H2,1-2H3,(H2,24,26,28). The fourth-order valence-corrected chi connectivity index (χ4v) is 3.85. The van der Waals surface area contributed by atoms with Crippen molar-refractivity contribution in [1.29, 1.82) is 0 Å². The van der Waals surface area contributed by atoms with Gasteiger partial charge in [-0.2, -0.15) is 0 Å². The Morgan fingerprint density at radius 3 is 2.90 bits per heavy atom. The number of benzene rings is 1. The van der Waals surface area contributed by atoms with Gasteiger partial charge in [0.05, 0.1) is 13.2 Å². The first kappa shape index (κ1) is 20.2. The highest BCUT2D eigenvalue weighted by atomic mass is 16.5. The summed E-state index contributed by atoms with van der Waals surface area (Å²) in [5.74, 6) is 1.82. The Bertz CT molecular complexity index is 1010. The lowest BCUT2D eigenvalue weighted by Crippen LogP contribution is -2.40. The number of fused-ring (bicyclic) bond motifs is 1. The number of aliphatic imine (C=N–C) groups is 1. The molecule has 2 aromatic heterocycles. The van der Waals surface area contributed by atoms with E-state index in [0.717, 1.165) is 56.6 Å². The number of hydrogen-bond donors (Lipinski definition) is 3. The van der Waals surface area contributed by atoms with Gasteiger partial charge < -0.3 is 25.3 Å². The Kier molecular flexibility index (Phi) is 6.49. The summed E-state index contributed by atoms with van der Waals surface area (Å²) in [6, 6.07) is 10.6. The van der Waals surface area contributed by atoms with Crippen LogP contribution in [-0.4, -0.2) is 55.8 Å². The van der Waals surface area contributed by atoms with Crippen LogP contribution in [0.3, 0.4) is 0 Å². The molecule has 1 aromatic carbocycles. The van der Waals surface area contributed by atoms with E-state index in [1.54, 1.807) is 7.05 Å². The molecule has 0 saturated carbocycles. The summed E-state index contributed by atoms with van der Waals surface area (Å²) in [4.78, 5) is 14.6. The highest BCUT2D eigenvalue weighted by Gasteiger charge is 2.16. The molecule has 3 N–H and O–H groups in total. The van der Waals surface area contributed by atoms with Gasteiger partial charge in [-0.25, -0.2) is 4.98 Å². The predicted octanol–water partition coefficient (Wildman–Crippen LogP) is 2.62. The molecule has 0 atom stereocenters. The molecule has 3 heterocycles. The molecule has 4 rings (SSSR count). The van der Waals surface area contributed by atoms with Gasteiger partial charge >= 0.3 is 0 Å². The Morgan fingerprint density at radius 1 is 1.20 bits per heavy atom. The van der Waals surface area contributed by atoms with Crippen LogP contribution in [0.15, 0.2) is 47.7 Å². The van der Waals surface area contributed by atoms with E-state index in [1.165, 1.54) is 22.0 Å². The van der Waals surface area contributed by atoms with Gasteiger partial charge in [0.1, 0.15) is 5.82 Å². The van der Waals surface area contributed by atoms with E-state index in [2.05, 4.69) is 67.9 Å². The number of morpholine rings is 1. The number of nitrogens with one attached hydrogen (secondary N) is 3. The minimum Gasteiger partial charge on any atom is -0.378 e. The molecule has 1 fully saturated rings. The van der Waals surface area contributed by atoms with Crippen molar-refractivity contribution in [3.63, 3.8) is 0 Å². The van der Waals surface area contributed by atoms with Crippen LogP contribution in [0.4, 0.5) is 5.82 Å². The van der Waals surface area contributed by atoms with Crippen molar-refractivity contribution in [3.05, 3.63) is 59.4 Å². The molecule has 0 bridgehead atoms. The average Bonchev–Trinajstić information content (AvgIpc) is 3.18. The van der Waals surface area contributed by atoms with Gasteiger partial charge in [-0.1, -0.05) is 18.2 Å². The van der Waals surface area contributed by atoms with Gasteiger partial charge in [0.25, 0.3) is 0 Å². The molecule has 158 valence electrons. The molecule has 30 heavy (non-hydrogen) atoms. The summed E-state index contributed by atoms with van der Waals surface area (Å²) < 4.78 is 5.47. The molecule has 0 radical (unpaired) electrons. The van der Waals surface area contributed by atoms with Crippen LogP contribution >= 0.6 is 0 Å². The van der Waals surface area contributed by atoms with Crippen LogP contribution in [0.1, 0.15) is 16.7 Å². The monoisotopic (exact) mass is 406 g/mol. The van der Waals surface area contributed by atoms with Crippen LogP contribution in [-0.2, 0) is 17.7 Å². The normalized spacial score (nSPS) is 14.9. The summed E-state index contributed by atoms with van der Waals surface area (Å²) in [6.45, 7) is 6.85. The van der Waals surface area contributed by atoms with Gasteiger partial charge in [0.2, 0.25) is 0 Å². The first-order valence-electron chi connectivity index (χ1n) is 10.5.